The van der Waals surface area contributed by atoms with Gasteiger partial charge in [-0.2, -0.15) is 0 Å². The fourth-order valence-corrected chi connectivity index (χ4v) is 3.59. The molecule has 6 nitrogen and oxygen atoms in total. The molecule has 1 amide bonds. The molecule has 176 valence electrons. The van der Waals surface area contributed by atoms with Crippen molar-refractivity contribution in [3.63, 3.8) is 0 Å². The molecule has 0 aliphatic carbocycles. The summed E-state index contributed by atoms with van der Waals surface area (Å²) in [5.74, 6) is 2.26. The van der Waals surface area contributed by atoms with Gasteiger partial charge in [-0.05, 0) is 12.8 Å². The Labute approximate surface area is 184 Å². The van der Waals surface area contributed by atoms with Gasteiger partial charge in [0.15, 0.2) is 0 Å². The van der Waals surface area contributed by atoms with Crippen LogP contribution in [0, 0.1) is 12.3 Å². The summed E-state index contributed by atoms with van der Waals surface area (Å²) in [6.07, 6.45) is 26.2. The predicted molar refractivity (Wildman–Crippen MR) is 126 cm³/mol. The molecule has 0 aliphatic heterocycles. The summed E-state index contributed by atoms with van der Waals surface area (Å²) in [6.45, 7) is 2.02. The third-order valence-corrected chi connectivity index (χ3v) is 5.43. The van der Waals surface area contributed by atoms with Crippen LogP contribution in [0.1, 0.15) is 103 Å². The molecule has 0 saturated carbocycles. The third kappa shape index (κ3) is 21.7. The first-order valence-electron chi connectivity index (χ1n) is 11.6. The molecule has 0 aromatic heterocycles. The first kappa shape index (κ1) is 29.0. The SMILES string of the molecule is C#CC[C@@H](CO[PH](O)(O)O)NC(=O)CCCCCCC/C=C\CCCCCCCC. The van der Waals surface area contributed by atoms with Crippen LogP contribution in [-0.4, -0.2) is 33.2 Å². The number of unbranched alkanes of at least 4 members (excludes halogenated alkanes) is 11. The number of hydrogen-bond donors (Lipinski definition) is 4. The molecule has 0 aromatic rings. The van der Waals surface area contributed by atoms with Gasteiger partial charge >= 0.3 is 120 Å². The van der Waals surface area contributed by atoms with Crippen LogP contribution in [0.5, 0.6) is 0 Å². The van der Waals surface area contributed by atoms with Crippen molar-refractivity contribution in [1.82, 2.24) is 5.32 Å². The van der Waals surface area contributed by atoms with Gasteiger partial charge in [-0.15, -0.1) is 0 Å². The maximum atomic E-state index is 12.0. The zero-order chi connectivity index (χ0) is 22.5. The zero-order valence-corrected chi connectivity index (χ0v) is 19.8. The number of nitrogens with one attached hydrogen (secondary N) is 1. The number of terminal acetylenes is 1. The Morgan fingerprint density at radius 2 is 1.50 bits per heavy atom. The second kappa shape index (κ2) is 20.0. The topological polar surface area (TPSA) is 99.0 Å². The molecule has 4 N–H and O–H groups in total. The quantitative estimate of drug-likeness (QED) is 0.0921. The Balaban J connectivity index is 3.59. The van der Waals surface area contributed by atoms with Crippen LogP contribution in [0.3, 0.4) is 0 Å². The number of carbonyl (C=O) groups excluding carboxylic acids is 1. The molecule has 0 heterocycles. The summed E-state index contributed by atoms with van der Waals surface area (Å²) < 4.78 is 4.57. The van der Waals surface area contributed by atoms with Crippen LogP contribution in [0.2, 0.25) is 0 Å². The Morgan fingerprint density at radius 3 is 2.03 bits per heavy atom. The monoisotopic (exact) mass is 445 g/mol. The van der Waals surface area contributed by atoms with Crippen LogP contribution in [-0.2, 0) is 9.32 Å². The van der Waals surface area contributed by atoms with E-state index in [1.165, 1.54) is 57.8 Å². The molecule has 0 radical (unpaired) electrons. The molecule has 7 heteroatoms. The van der Waals surface area contributed by atoms with Crippen molar-refractivity contribution in [2.75, 3.05) is 6.61 Å². The summed E-state index contributed by atoms with van der Waals surface area (Å²) >= 11 is 0. The van der Waals surface area contributed by atoms with Crippen molar-refractivity contribution < 1.29 is 24.0 Å². The van der Waals surface area contributed by atoms with Crippen LogP contribution in [0.4, 0.5) is 0 Å². The summed E-state index contributed by atoms with van der Waals surface area (Å²) in [4.78, 5) is 38.6. The predicted octanol–water partition coefficient (Wildman–Crippen LogP) is 4.94. The van der Waals surface area contributed by atoms with Crippen LogP contribution >= 0.6 is 8.17 Å². The van der Waals surface area contributed by atoms with E-state index in [4.69, 9.17) is 21.1 Å². The van der Waals surface area contributed by atoms with Gasteiger partial charge in [0.05, 0.1) is 0 Å². The molecule has 0 aliphatic rings. The van der Waals surface area contributed by atoms with E-state index in [2.05, 4.69) is 34.8 Å². The maximum absolute atomic E-state index is 12.0. The van der Waals surface area contributed by atoms with E-state index in [1.54, 1.807) is 0 Å². The molecule has 0 rings (SSSR count). The number of allylic oxidation sites excluding steroid dienone is 2. The Hall–Kier alpha value is -0.960. The molecule has 0 bridgehead atoms. The molecule has 30 heavy (non-hydrogen) atoms. The number of amides is 1. The second-order valence-corrected chi connectivity index (χ2v) is 9.33. The first-order valence-corrected chi connectivity index (χ1v) is 13.3. The zero-order valence-electron chi connectivity index (χ0n) is 18.8. The Bertz CT molecular complexity index is 485. The normalized spacial score (nSPS) is 13.3. The van der Waals surface area contributed by atoms with Crippen molar-refractivity contribution >= 4 is 14.1 Å². The Kier molecular flexibility index (Phi) is 19.3. The van der Waals surface area contributed by atoms with Crippen molar-refractivity contribution in [2.24, 2.45) is 0 Å². The molecular formula is C23H44NO5P. The van der Waals surface area contributed by atoms with E-state index in [9.17, 15) is 4.79 Å². The van der Waals surface area contributed by atoms with Gasteiger partial charge in [0.1, 0.15) is 0 Å². The fraction of sp³-hybridized carbons (Fsp3) is 0.783. The molecular weight excluding hydrogens is 401 g/mol. The molecule has 0 saturated heterocycles. The van der Waals surface area contributed by atoms with Gasteiger partial charge < -0.3 is 0 Å². The minimum Gasteiger partial charge on any atom is -0.0885 e. The van der Waals surface area contributed by atoms with Gasteiger partial charge in [-0.25, -0.2) is 0 Å². The minimum absolute atomic E-state index is 0.141. The molecule has 0 fully saturated rings. The first-order chi connectivity index (χ1) is 14.4. The van der Waals surface area contributed by atoms with Crippen molar-refractivity contribution in [2.45, 2.75) is 109 Å². The number of rotatable bonds is 20. The molecule has 0 unspecified atom stereocenters. The van der Waals surface area contributed by atoms with E-state index in [0.717, 1.165) is 25.7 Å². The summed E-state index contributed by atoms with van der Waals surface area (Å²) in [7, 11) is -4.59. The van der Waals surface area contributed by atoms with Crippen molar-refractivity contribution in [3.8, 4) is 12.3 Å². The average Bonchev–Trinajstić information content (AvgIpc) is 2.68. The van der Waals surface area contributed by atoms with Crippen LogP contribution < -0.4 is 5.32 Å². The number of hydrogen-bond acceptors (Lipinski definition) is 5. The van der Waals surface area contributed by atoms with Gasteiger partial charge in [-0.3, -0.25) is 0 Å². The fourth-order valence-electron chi connectivity index (χ4n) is 3.16. The van der Waals surface area contributed by atoms with E-state index >= 15 is 0 Å². The van der Waals surface area contributed by atoms with Gasteiger partial charge in [0.2, 0.25) is 0 Å². The summed E-state index contributed by atoms with van der Waals surface area (Å²) in [5.41, 5.74) is 0. The smallest absolute Gasteiger partial charge is 0.0885 e. The minimum atomic E-state index is -4.59. The summed E-state index contributed by atoms with van der Waals surface area (Å²) in [6, 6.07) is -0.538. The molecule has 0 aromatic carbocycles. The van der Waals surface area contributed by atoms with Gasteiger partial charge in [0, 0.05) is 0 Å². The third-order valence-electron chi connectivity index (χ3n) is 4.87. The Morgan fingerprint density at radius 1 is 0.967 bits per heavy atom. The second-order valence-electron chi connectivity index (χ2n) is 7.89. The average molecular weight is 446 g/mol. The van der Waals surface area contributed by atoms with E-state index < -0.39 is 14.2 Å². The van der Waals surface area contributed by atoms with Crippen LogP contribution in [0.25, 0.3) is 0 Å². The van der Waals surface area contributed by atoms with Crippen LogP contribution in [0.15, 0.2) is 12.2 Å². The van der Waals surface area contributed by atoms with E-state index in [1.807, 2.05) is 0 Å². The van der Waals surface area contributed by atoms with Crippen molar-refractivity contribution in [3.05, 3.63) is 12.2 Å². The van der Waals surface area contributed by atoms with Gasteiger partial charge in [0.25, 0.3) is 0 Å². The van der Waals surface area contributed by atoms with Gasteiger partial charge in [-0.1, -0.05) is 51.2 Å². The number of carbonyl (C=O) groups is 1. The van der Waals surface area contributed by atoms with E-state index in [0.29, 0.717) is 6.42 Å². The standard InChI is InChI=1S/C23H44NO5P/c1-3-5-6-7-8-9-10-11-12-13-14-15-16-17-18-20-23(25)24-22(19-4-2)21-29-30(26,27)28/h2,11-12,22,26-28,30H,3,5-10,13-21H2,1H3,(H,24,25)/b12-11-/t22-/m0/s1. The molecule has 0 spiro atoms. The van der Waals surface area contributed by atoms with Crippen molar-refractivity contribution in [1.29, 1.82) is 0 Å². The molecule has 1 atom stereocenters. The van der Waals surface area contributed by atoms with E-state index in [-0.39, 0.29) is 18.9 Å². The summed E-state index contributed by atoms with van der Waals surface area (Å²) in [5, 5.41) is 2.71.